The Balaban J connectivity index is 1.49. The van der Waals surface area contributed by atoms with Crippen LogP contribution in [0.2, 0.25) is 0 Å². The maximum Gasteiger partial charge on any atom is 0.392 e. The number of nitrogens with zero attached hydrogens (tertiary/aromatic N) is 2. The van der Waals surface area contributed by atoms with Crippen LogP contribution in [-0.4, -0.2) is 61.7 Å². The lowest BCUT2D eigenvalue weighted by Gasteiger charge is -2.40. The number of amides is 1. The van der Waals surface area contributed by atoms with Gasteiger partial charge in [0.1, 0.15) is 0 Å². The molecule has 29 heavy (non-hydrogen) atoms. The molecule has 2 fully saturated rings. The van der Waals surface area contributed by atoms with Gasteiger partial charge in [0.25, 0.3) is 0 Å². The fraction of sp³-hybridized carbons (Fsp3) is 0.682. The number of benzene rings is 1. The van der Waals surface area contributed by atoms with Gasteiger partial charge >= 0.3 is 6.18 Å². The molecule has 0 radical (unpaired) electrons. The van der Waals surface area contributed by atoms with Crippen molar-refractivity contribution >= 4 is 5.91 Å². The first kappa shape index (κ1) is 22.1. The molecule has 0 spiro atoms. The Labute approximate surface area is 171 Å². The minimum Gasteiger partial charge on any atom is -0.356 e. The minimum atomic E-state index is -4.29. The summed E-state index contributed by atoms with van der Waals surface area (Å²) in [5.74, 6) is -2.84. The lowest BCUT2D eigenvalue weighted by atomic mass is 9.78. The van der Waals surface area contributed by atoms with Crippen LogP contribution < -0.4 is 5.32 Å². The van der Waals surface area contributed by atoms with Gasteiger partial charge in [-0.1, -0.05) is 43.2 Å². The number of hydrogen-bond donors (Lipinski definition) is 1. The summed E-state index contributed by atoms with van der Waals surface area (Å²) in [4.78, 5) is 17.1. The van der Waals surface area contributed by atoms with Gasteiger partial charge in [0.2, 0.25) is 5.91 Å². The fourth-order valence-corrected chi connectivity index (χ4v) is 4.68. The third kappa shape index (κ3) is 5.95. The molecule has 0 aromatic heterocycles. The summed E-state index contributed by atoms with van der Waals surface area (Å²) < 4.78 is 39.7. The molecule has 3 rings (SSSR count). The summed E-state index contributed by atoms with van der Waals surface area (Å²) >= 11 is 0. The van der Waals surface area contributed by atoms with Crippen LogP contribution >= 0.6 is 0 Å². The fourth-order valence-electron chi connectivity index (χ4n) is 4.68. The van der Waals surface area contributed by atoms with Crippen molar-refractivity contribution in [3.63, 3.8) is 0 Å². The molecule has 1 aromatic rings. The van der Waals surface area contributed by atoms with Crippen LogP contribution in [0.4, 0.5) is 13.2 Å². The molecule has 2 aliphatic rings. The Hall–Kier alpha value is -1.60. The maximum atomic E-state index is 13.2. The monoisotopic (exact) mass is 411 g/mol. The normalized spacial score (nSPS) is 27.0. The van der Waals surface area contributed by atoms with Crippen LogP contribution in [0.3, 0.4) is 0 Å². The zero-order valence-electron chi connectivity index (χ0n) is 17.1. The zero-order chi connectivity index (χ0) is 20.9. The molecular formula is C22H32F3N3O. The second-order valence-electron chi connectivity index (χ2n) is 8.41. The van der Waals surface area contributed by atoms with Gasteiger partial charge in [-0.15, -0.1) is 0 Å². The van der Waals surface area contributed by atoms with Crippen LogP contribution in [0.25, 0.3) is 0 Å². The second kappa shape index (κ2) is 9.94. The molecule has 1 aromatic carbocycles. The van der Waals surface area contributed by atoms with Crippen LogP contribution in [0, 0.1) is 11.8 Å². The van der Waals surface area contributed by atoms with Gasteiger partial charge in [0, 0.05) is 44.7 Å². The highest BCUT2D eigenvalue weighted by Crippen LogP contribution is 2.41. The predicted octanol–water partition coefficient (Wildman–Crippen LogP) is 3.85. The average molecular weight is 412 g/mol. The van der Waals surface area contributed by atoms with E-state index >= 15 is 0 Å². The molecule has 1 aliphatic heterocycles. The molecule has 1 aliphatic carbocycles. The Morgan fingerprint density at radius 3 is 2.59 bits per heavy atom. The molecule has 7 heteroatoms. The van der Waals surface area contributed by atoms with E-state index in [1.54, 1.807) is 0 Å². The number of carbonyl (C=O) groups excluding carboxylic acids is 1. The summed E-state index contributed by atoms with van der Waals surface area (Å²) in [6.07, 6.45) is -1.89. The van der Waals surface area contributed by atoms with Gasteiger partial charge < -0.3 is 10.2 Å². The number of rotatable bonds is 6. The highest BCUT2D eigenvalue weighted by molar-refractivity contribution is 5.79. The SMILES string of the molecule is CN1CCN(CCCNC(=O)[C@@H]2CCCC[C@H]2C(F)(F)F)[C@H](c2ccccc2)C1. The topological polar surface area (TPSA) is 35.6 Å². The third-order valence-corrected chi connectivity index (χ3v) is 6.32. The van der Waals surface area contributed by atoms with Gasteiger partial charge in [-0.25, -0.2) is 0 Å². The Bertz CT molecular complexity index is 652. The van der Waals surface area contributed by atoms with Crippen molar-refractivity contribution in [1.29, 1.82) is 0 Å². The minimum absolute atomic E-state index is 0.0711. The van der Waals surface area contributed by atoms with Crippen LogP contribution in [-0.2, 0) is 4.79 Å². The molecule has 3 atom stereocenters. The second-order valence-corrected chi connectivity index (χ2v) is 8.41. The summed E-state index contributed by atoms with van der Waals surface area (Å²) in [6.45, 7) is 4.13. The first-order valence-corrected chi connectivity index (χ1v) is 10.7. The number of carbonyl (C=O) groups is 1. The van der Waals surface area contributed by atoms with Gasteiger partial charge in [-0.3, -0.25) is 9.69 Å². The number of hydrogen-bond acceptors (Lipinski definition) is 3. The highest BCUT2D eigenvalue weighted by atomic mass is 19.4. The van der Waals surface area contributed by atoms with Crippen molar-refractivity contribution in [2.24, 2.45) is 11.8 Å². The summed E-state index contributed by atoms with van der Waals surface area (Å²) in [6, 6.07) is 10.7. The van der Waals surface area contributed by atoms with Gasteiger partial charge in [-0.05, 0) is 31.9 Å². The predicted molar refractivity (Wildman–Crippen MR) is 107 cm³/mol. The van der Waals surface area contributed by atoms with Crippen molar-refractivity contribution in [3.05, 3.63) is 35.9 Å². The highest BCUT2D eigenvalue weighted by Gasteiger charge is 2.47. The lowest BCUT2D eigenvalue weighted by molar-refractivity contribution is -0.198. The quantitative estimate of drug-likeness (QED) is 0.723. The zero-order valence-corrected chi connectivity index (χ0v) is 17.1. The van der Waals surface area contributed by atoms with Gasteiger partial charge in [0.15, 0.2) is 0 Å². The van der Waals surface area contributed by atoms with E-state index in [-0.39, 0.29) is 6.42 Å². The molecule has 4 nitrogen and oxygen atoms in total. The molecule has 0 unspecified atom stereocenters. The van der Waals surface area contributed by atoms with Crippen LogP contribution in [0.5, 0.6) is 0 Å². The van der Waals surface area contributed by atoms with E-state index in [9.17, 15) is 18.0 Å². The maximum absolute atomic E-state index is 13.2. The van der Waals surface area contributed by atoms with Crippen LogP contribution in [0.1, 0.15) is 43.7 Å². The molecule has 0 bridgehead atoms. The first-order valence-electron chi connectivity index (χ1n) is 10.7. The molecule has 1 saturated heterocycles. The number of piperazine rings is 1. The van der Waals surface area contributed by atoms with E-state index in [1.807, 2.05) is 18.2 Å². The van der Waals surface area contributed by atoms with Gasteiger partial charge in [0.05, 0.1) is 5.92 Å². The molecular weight excluding hydrogens is 379 g/mol. The van der Waals surface area contributed by atoms with Gasteiger partial charge in [-0.2, -0.15) is 13.2 Å². The first-order chi connectivity index (χ1) is 13.9. The van der Waals surface area contributed by atoms with E-state index in [2.05, 4.69) is 34.3 Å². The number of nitrogens with one attached hydrogen (secondary N) is 1. The molecule has 1 amide bonds. The Morgan fingerprint density at radius 2 is 1.86 bits per heavy atom. The number of halogens is 3. The molecule has 1 heterocycles. The third-order valence-electron chi connectivity index (χ3n) is 6.32. The number of likely N-dealkylation sites (N-methyl/N-ethyl adjacent to an activating group) is 1. The van der Waals surface area contributed by atoms with Crippen molar-refractivity contribution in [2.75, 3.05) is 39.8 Å². The smallest absolute Gasteiger partial charge is 0.356 e. The van der Waals surface area contributed by atoms with E-state index < -0.39 is 23.9 Å². The summed E-state index contributed by atoms with van der Waals surface area (Å²) in [7, 11) is 2.12. The Kier molecular flexibility index (Phi) is 7.57. The standard InChI is InChI=1S/C22H32F3N3O/c1-27-14-15-28(20(16-27)17-8-3-2-4-9-17)13-7-12-26-21(29)18-10-5-6-11-19(18)22(23,24)25/h2-4,8-9,18-20H,5-7,10-16H2,1H3,(H,26,29)/t18-,19-,20+/m1/s1. The van der Waals surface area contributed by atoms with Crippen molar-refractivity contribution < 1.29 is 18.0 Å². The van der Waals surface area contributed by atoms with E-state index in [4.69, 9.17) is 0 Å². The van der Waals surface area contributed by atoms with E-state index in [0.717, 1.165) is 32.6 Å². The van der Waals surface area contributed by atoms with E-state index in [0.29, 0.717) is 31.8 Å². The van der Waals surface area contributed by atoms with Crippen molar-refractivity contribution in [1.82, 2.24) is 15.1 Å². The lowest BCUT2D eigenvalue weighted by Crippen LogP contribution is -2.47. The largest absolute Gasteiger partial charge is 0.392 e. The molecule has 162 valence electrons. The Morgan fingerprint density at radius 1 is 1.14 bits per heavy atom. The number of alkyl halides is 3. The average Bonchev–Trinajstić information content (AvgIpc) is 2.72. The molecule has 1 saturated carbocycles. The van der Waals surface area contributed by atoms with Crippen molar-refractivity contribution in [3.8, 4) is 0 Å². The summed E-state index contributed by atoms with van der Waals surface area (Å²) in [5, 5.41) is 2.78. The van der Waals surface area contributed by atoms with E-state index in [1.165, 1.54) is 5.56 Å². The van der Waals surface area contributed by atoms with Crippen LogP contribution in [0.15, 0.2) is 30.3 Å². The summed E-state index contributed by atoms with van der Waals surface area (Å²) in [5.41, 5.74) is 1.28. The molecule has 1 N–H and O–H groups in total. The van der Waals surface area contributed by atoms with Crippen molar-refractivity contribution in [2.45, 2.75) is 44.3 Å².